The summed E-state index contributed by atoms with van der Waals surface area (Å²) in [6.07, 6.45) is -0.0905. The minimum atomic E-state index is -0.491. The molecule has 0 unspecified atom stereocenters. The highest BCUT2D eigenvalue weighted by Gasteiger charge is 2.29. The quantitative estimate of drug-likeness (QED) is 0.538. The zero-order chi connectivity index (χ0) is 21.6. The molecule has 0 aliphatic heterocycles. The summed E-state index contributed by atoms with van der Waals surface area (Å²) in [5.74, 6) is 0.787. The van der Waals surface area contributed by atoms with Crippen molar-refractivity contribution in [3.05, 3.63) is 89.5 Å². The molecule has 5 nitrogen and oxygen atoms in total. The number of hydrogen-bond acceptors (Lipinski definition) is 4. The lowest BCUT2D eigenvalue weighted by atomic mass is 9.98. The van der Waals surface area contributed by atoms with Crippen molar-refractivity contribution in [1.29, 1.82) is 0 Å². The van der Waals surface area contributed by atoms with Crippen molar-refractivity contribution in [3.8, 4) is 16.9 Å². The smallest absolute Gasteiger partial charge is 0.407 e. The Hall–Kier alpha value is -3.31. The largest absolute Gasteiger partial charge is 0.494 e. The van der Waals surface area contributed by atoms with E-state index in [1.807, 2.05) is 55.5 Å². The van der Waals surface area contributed by atoms with Crippen molar-refractivity contribution in [1.82, 2.24) is 5.32 Å². The van der Waals surface area contributed by atoms with Gasteiger partial charge in [-0.05, 0) is 53.3 Å². The van der Waals surface area contributed by atoms with Gasteiger partial charge < -0.3 is 19.9 Å². The lowest BCUT2D eigenvalue weighted by molar-refractivity contribution is 0.136. The normalized spacial score (nSPS) is 13.2. The van der Waals surface area contributed by atoms with E-state index in [1.54, 1.807) is 0 Å². The third kappa shape index (κ3) is 4.57. The molecule has 4 rings (SSSR count). The van der Waals surface area contributed by atoms with Crippen molar-refractivity contribution in [2.24, 2.45) is 0 Å². The zero-order valence-electron chi connectivity index (χ0n) is 17.6. The van der Waals surface area contributed by atoms with Gasteiger partial charge in [0.25, 0.3) is 0 Å². The number of benzene rings is 3. The molecule has 0 radical (unpaired) electrons. The van der Waals surface area contributed by atoms with E-state index in [0.29, 0.717) is 13.0 Å². The number of aliphatic hydroxyl groups excluding tert-OH is 1. The molecule has 0 saturated heterocycles. The minimum Gasteiger partial charge on any atom is -0.494 e. The predicted octanol–water partition coefficient (Wildman–Crippen LogP) is 5.05. The van der Waals surface area contributed by atoms with Crippen LogP contribution in [0.2, 0.25) is 0 Å². The topological polar surface area (TPSA) is 67.8 Å². The number of hydrogen-bond donors (Lipinski definition) is 2. The van der Waals surface area contributed by atoms with Crippen molar-refractivity contribution < 1.29 is 19.4 Å². The van der Waals surface area contributed by atoms with Crippen LogP contribution in [-0.2, 0) is 4.74 Å². The fraction of sp³-hybridized carbons (Fsp3) is 0.269. The van der Waals surface area contributed by atoms with Gasteiger partial charge in [-0.25, -0.2) is 4.79 Å². The van der Waals surface area contributed by atoms with Crippen LogP contribution in [0, 0.1) is 0 Å². The van der Waals surface area contributed by atoms with Gasteiger partial charge in [0.15, 0.2) is 0 Å². The second-order valence-corrected chi connectivity index (χ2v) is 7.54. The molecule has 3 aromatic carbocycles. The number of ether oxygens (including phenoxy) is 2. The van der Waals surface area contributed by atoms with Crippen LogP contribution in [0.5, 0.6) is 5.75 Å². The number of amides is 1. The maximum absolute atomic E-state index is 12.6. The number of rotatable bonds is 8. The van der Waals surface area contributed by atoms with Gasteiger partial charge in [0.2, 0.25) is 0 Å². The Morgan fingerprint density at radius 1 is 0.968 bits per heavy atom. The van der Waals surface area contributed by atoms with Crippen LogP contribution < -0.4 is 10.1 Å². The fourth-order valence-corrected chi connectivity index (χ4v) is 4.20. The molecule has 2 N–H and O–H groups in total. The molecule has 1 aliphatic carbocycles. The molecule has 0 aromatic heterocycles. The number of carbonyl (C=O) groups is 1. The Morgan fingerprint density at radius 3 is 2.16 bits per heavy atom. The second kappa shape index (κ2) is 9.67. The summed E-state index contributed by atoms with van der Waals surface area (Å²) in [5.41, 5.74) is 5.63. The molecular weight excluding hydrogens is 390 g/mol. The van der Waals surface area contributed by atoms with Crippen LogP contribution >= 0.6 is 0 Å². The van der Waals surface area contributed by atoms with E-state index in [0.717, 1.165) is 11.3 Å². The zero-order valence-corrected chi connectivity index (χ0v) is 17.6. The standard InChI is InChI=1S/C26H27NO4/c1-2-30-19-13-11-18(12-14-19)25(15-16-28)27-26(29)31-17-24-22-9-5-3-7-20(22)21-8-4-6-10-23(21)24/h3-14,24-25,28H,2,15-17H2,1H3,(H,27,29)/t25-/m1/s1. The van der Waals surface area contributed by atoms with Gasteiger partial charge >= 0.3 is 6.09 Å². The first-order valence-electron chi connectivity index (χ1n) is 10.7. The van der Waals surface area contributed by atoms with Crippen LogP contribution in [0.3, 0.4) is 0 Å². The van der Waals surface area contributed by atoms with Gasteiger partial charge in [0, 0.05) is 12.5 Å². The van der Waals surface area contributed by atoms with Crippen molar-refractivity contribution in [2.45, 2.75) is 25.3 Å². The average molecular weight is 418 g/mol. The Bertz CT molecular complexity index is 986. The number of alkyl carbamates (subject to hydrolysis) is 1. The van der Waals surface area contributed by atoms with Crippen LogP contribution in [0.25, 0.3) is 11.1 Å². The fourth-order valence-electron chi connectivity index (χ4n) is 4.20. The Balaban J connectivity index is 1.43. The van der Waals surface area contributed by atoms with Crippen LogP contribution in [0.4, 0.5) is 4.79 Å². The number of aliphatic hydroxyl groups is 1. The molecule has 3 aromatic rings. The lowest BCUT2D eigenvalue weighted by Gasteiger charge is -2.20. The van der Waals surface area contributed by atoms with Crippen molar-refractivity contribution in [3.63, 3.8) is 0 Å². The Morgan fingerprint density at radius 2 is 1.58 bits per heavy atom. The van der Waals surface area contributed by atoms with Gasteiger partial charge in [-0.1, -0.05) is 60.7 Å². The summed E-state index contributed by atoms with van der Waals surface area (Å²) >= 11 is 0. The molecule has 1 atom stereocenters. The highest BCUT2D eigenvalue weighted by atomic mass is 16.5. The number of nitrogens with one attached hydrogen (secondary N) is 1. The van der Waals surface area contributed by atoms with Gasteiger partial charge in [-0.3, -0.25) is 0 Å². The average Bonchev–Trinajstić information content (AvgIpc) is 3.12. The van der Waals surface area contributed by atoms with Gasteiger partial charge in [0.05, 0.1) is 12.6 Å². The van der Waals surface area contributed by atoms with Crippen molar-refractivity contribution >= 4 is 6.09 Å². The van der Waals surface area contributed by atoms with E-state index in [1.165, 1.54) is 22.3 Å². The van der Waals surface area contributed by atoms with Crippen LogP contribution in [0.15, 0.2) is 72.8 Å². The molecule has 1 amide bonds. The molecule has 0 fully saturated rings. The third-order valence-electron chi connectivity index (χ3n) is 5.65. The maximum atomic E-state index is 12.6. The molecule has 0 bridgehead atoms. The molecule has 0 saturated carbocycles. The third-order valence-corrected chi connectivity index (χ3v) is 5.65. The number of fused-ring (bicyclic) bond motifs is 3. The molecule has 0 heterocycles. The molecular formula is C26H27NO4. The second-order valence-electron chi connectivity index (χ2n) is 7.54. The maximum Gasteiger partial charge on any atom is 0.407 e. The SMILES string of the molecule is CCOc1ccc([C@@H](CCO)NC(=O)OCC2c3ccccc3-c3ccccc32)cc1. The van der Waals surface area contributed by atoms with Gasteiger partial charge in [-0.15, -0.1) is 0 Å². The monoisotopic (exact) mass is 417 g/mol. The summed E-state index contributed by atoms with van der Waals surface area (Å²) in [7, 11) is 0. The molecule has 160 valence electrons. The summed E-state index contributed by atoms with van der Waals surface area (Å²) in [6.45, 7) is 2.75. The predicted molar refractivity (Wildman–Crippen MR) is 120 cm³/mol. The molecule has 31 heavy (non-hydrogen) atoms. The molecule has 1 aliphatic rings. The first kappa shape index (κ1) is 20.9. The Labute approximate surface area is 182 Å². The molecule has 5 heteroatoms. The summed E-state index contributed by atoms with van der Waals surface area (Å²) < 4.78 is 11.1. The highest BCUT2D eigenvalue weighted by Crippen LogP contribution is 2.44. The van der Waals surface area contributed by atoms with Crippen LogP contribution in [0.1, 0.15) is 42.0 Å². The number of carbonyl (C=O) groups excluding carboxylic acids is 1. The summed E-state index contributed by atoms with van der Waals surface area (Å²) in [6, 6.07) is 23.7. The minimum absolute atomic E-state index is 0.0138. The van der Waals surface area contributed by atoms with E-state index in [-0.39, 0.29) is 25.2 Å². The molecule has 0 spiro atoms. The summed E-state index contributed by atoms with van der Waals surface area (Å²) in [4.78, 5) is 12.6. The van der Waals surface area contributed by atoms with Crippen molar-refractivity contribution in [2.75, 3.05) is 19.8 Å². The first-order valence-corrected chi connectivity index (χ1v) is 10.7. The van der Waals surface area contributed by atoms with E-state index in [2.05, 4.69) is 29.6 Å². The van der Waals surface area contributed by atoms with E-state index in [9.17, 15) is 9.90 Å². The van der Waals surface area contributed by atoms with E-state index >= 15 is 0 Å². The Kier molecular flexibility index (Phi) is 6.53. The van der Waals surface area contributed by atoms with Gasteiger partial charge in [-0.2, -0.15) is 0 Å². The van der Waals surface area contributed by atoms with E-state index < -0.39 is 6.09 Å². The highest BCUT2D eigenvalue weighted by molar-refractivity contribution is 5.79. The van der Waals surface area contributed by atoms with E-state index in [4.69, 9.17) is 9.47 Å². The lowest BCUT2D eigenvalue weighted by Crippen LogP contribution is -2.31. The first-order chi connectivity index (χ1) is 15.2. The summed E-state index contributed by atoms with van der Waals surface area (Å²) in [5, 5.41) is 12.3. The van der Waals surface area contributed by atoms with Gasteiger partial charge in [0.1, 0.15) is 12.4 Å². The van der Waals surface area contributed by atoms with Crippen LogP contribution in [-0.4, -0.2) is 31.0 Å².